The lowest BCUT2D eigenvalue weighted by atomic mass is 10.1. The van der Waals surface area contributed by atoms with Gasteiger partial charge in [-0.15, -0.1) is 0 Å². The van der Waals surface area contributed by atoms with Crippen LogP contribution in [0.4, 0.5) is 23.1 Å². The van der Waals surface area contributed by atoms with Crippen LogP contribution in [0, 0.1) is 0 Å². The number of aromatic hydroxyl groups is 1. The number of aromatic amines is 1. The lowest BCUT2D eigenvalue weighted by Crippen LogP contribution is -2.31. The molecule has 0 bridgehead atoms. The Morgan fingerprint density at radius 3 is 2.50 bits per heavy atom. The SMILES string of the molecule is CC(C)Oc1cc2cn(C3CCN(C)CC3)c(O)c2cc1Nc1nc(Nc2ccccc2S(=O)(=O)C(C)C)c2cn[nH]c2n1. The van der Waals surface area contributed by atoms with E-state index in [1.54, 1.807) is 44.3 Å². The summed E-state index contributed by atoms with van der Waals surface area (Å²) in [6, 6.07) is 10.7. The zero-order chi connectivity index (χ0) is 31.2. The van der Waals surface area contributed by atoms with Crippen LogP contribution in [0.1, 0.15) is 46.6 Å². The molecule has 12 nitrogen and oxygen atoms in total. The quantitative estimate of drug-likeness (QED) is 0.161. The van der Waals surface area contributed by atoms with Crippen molar-refractivity contribution in [1.29, 1.82) is 0 Å². The third-order valence-electron chi connectivity index (χ3n) is 7.98. The number of sulfone groups is 1. The number of benzene rings is 2. The molecule has 1 saturated heterocycles. The number of nitrogens with zero attached hydrogens (tertiary/aromatic N) is 5. The molecule has 0 atom stereocenters. The van der Waals surface area contributed by atoms with Gasteiger partial charge in [-0.25, -0.2) is 8.42 Å². The lowest BCUT2D eigenvalue weighted by molar-refractivity contribution is 0.213. The van der Waals surface area contributed by atoms with Gasteiger partial charge in [-0.2, -0.15) is 15.1 Å². The number of hydrogen-bond acceptors (Lipinski definition) is 10. The summed E-state index contributed by atoms with van der Waals surface area (Å²) in [4.78, 5) is 11.8. The Balaban J connectivity index is 1.40. The summed E-state index contributed by atoms with van der Waals surface area (Å²) < 4.78 is 34.4. The molecule has 2 aromatic carbocycles. The monoisotopic (exact) mass is 618 g/mol. The van der Waals surface area contributed by atoms with Gasteiger partial charge in [0.15, 0.2) is 21.4 Å². The van der Waals surface area contributed by atoms with Gasteiger partial charge in [0.2, 0.25) is 5.95 Å². The number of aromatic nitrogens is 5. The minimum atomic E-state index is -3.57. The van der Waals surface area contributed by atoms with Gasteiger partial charge < -0.3 is 29.9 Å². The molecular weight excluding hydrogens is 580 g/mol. The standard InChI is InChI=1S/C31H38N8O4S/c1-18(2)43-26-14-20-17-39(21-10-12-38(5)13-11-21)30(40)22(20)15-25(26)34-31-35-28(23-16-32-37-29(23)36-31)33-24-8-6-7-9-27(24)44(41,42)19(3)4/h6-9,14-19,21,40H,10-13H2,1-5H3,(H3,32,33,34,35,36,37). The molecule has 0 saturated carbocycles. The molecule has 4 heterocycles. The average Bonchev–Trinajstić information content (AvgIpc) is 3.58. The van der Waals surface area contributed by atoms with Crippen molar-refractivity contribution in [3.8, 4) is 11.6 Å². The molecule has 1 aliphatic heterocycles. The molecule has 3 aromatic heterocycles. The van der Waals surface area contributed by atoms with Gasteiger partial charge in [-0.3, -0.25) is 5.10 Å². The van der Waals surface area contributed by atoms with E-state index in [4.69, 9.17) is 9.72 Å². The zero-order valence-electron chi connectivity index (χ0n) is 25.5. The summed E-state index contributed by atoms with van der Waals surface area (Å²) in [7, 11) is -1.45. The molecule has 1 fully saturated rings. The highest BCUT2D eigenvalue weighted by molar-refractivity contribution is 7.92. The van der Waals surface area contributed by atoms with Gasteiger partial charge in [-0.1, -0.05) is 12.1 Å². The summed E-state index contributed by atoms with van der Waals surface area (Å²) in [6.45, 7) is 9.16. The van der Waals surface area contributed by atoms with Crippen molar-refractivity contribution >= 4 is 54.8 Å². The summed E-state index contributed by atoms with van der Waals surface area (Å²) in [5, 5.41) is 26.4. The van der Waals surface area contributed by atoms with Gasteiger partial charge in [0.05, 0.1) is 39.2 Å². The van der Waals surface area contributed by atoms with E-state index in [2.05, 4.69) is 37.8 Å². The van der Waals surface area contributed by atoms with Gasteiger partial charge in [-0.05, 0) is 84.9 Å². The smallest absolute Gasteiger partial charge is 0.231 e. The van der Waals surface area contributed by atoms with Crippen LogP contribution < -0.4 is 15.4 Å². The van der Waals surface area contributed by atoms with E-state index in [0.717, 1.165) is 31.3 Å². The second kappa shape index (κ2) is 11.6. The normalized spacial score (nSPS) is 15.1. The molecular formula is C31H38N8O4S. The first kappa shape index (κ1) is 29.7. The molecule has 13 heteroatoms. The number of rotatable bonds is 9. The number of piperidine rings is 1. The van der Waals surface area contributed by atoms with Crippen LogP contribution in [0.2, 0.25) is 0 Å². The molecule has 0 radical (unpaired) electrons. The van der Waals surface area contributed by atoms with Crippen molar-refractivity contribution in [1.82, 2.24) is 29.6 Å². The summed E-state index contributed by atoms with van der Waals surface area (Å²) in [5.41, 5.74) is 1.44. The summed E-state index contributed by atoms with van der Waals surface area (Å²) in [6.07, 6.45) is 5.40. The molecule has 44 heavy (non-hydrogen) atoms. The molecule has 6 rings (SSSR count). The van der Waals surface area contributed by atoms with E-state index in [1.165, 1.54) is 0 Å². The molecule has 0 amide bonds. The Morgan fingerprint density at radius 2 is 1.77 bits per heavy atom. The maximum absolute atomic E-state index is 13.1. The third kappa shape index (κ3) is 5.64. The highest BCUT2D eigenvalue weighted by atomic mass is 32.2. The predicted octanol–water partition coefficient (Wildman–Crippen LogP) is 5.74. The van der Waals surface area contributed by atoms with Gasteiger partial charge in [0.1, 0.15) is 11.6 Å². The lowest BCUT2D eigenvalue weighted by Gasteiger charge is -2.30. The average molecular weight is 619 g/mol. The first-order valence-electron chi connectivity index (χ1n) is 14.8. The number of anilines is 4. The largest absolute Gasteiger partial charge is 0.494 e. The molecule has 4 N–H and O–H groups in total. The number of hydrogen-bond donors (Lipinski definition) is 4. The predicted molar refractivity (Wildman–Crippen MR) is 172 cm³/mol. The number of para-hydroxylation sites is 1. The highest BCUT2D eigenvalue weighted by Gasteiger charge is 2.25. The summed E-state index contributed by atoms with van der Waals surface area (Å²) in [5.74, 6) is 1.41. The maximum Gasteiger partial charge on any atom is 0.231 e. The van der Waals surface area contributed by atoms with Crippen LogP contribution in [-0.2, 0) is 9.84 Å². The van der Waals surface area contributed by atoms with Crippen molar-refractivity contribution in [3.63, 3.8) is 0 Å². The number of nitrogens with one attached hydrogen (secondary N) is 3. The minimum absolute atomic E-state index is 0.106. The van der Waals surface area contributed by atoms with Crippen molar-refractivity contribution < 1.29 is 18.3 Å². The van der Waals surface area contributed by atoms with Crippen LogP contribution in [-0.4, -0.2) is 74.6 Å². The Labute approximate surface area is 256 Å². The number of fused-ring (bicyclic) bond motifs is 2. The first-order valence-corrected chi connectivity index (χ1v) is 16.4. The number of likely N-dealkylation sites (tertiary alicyclic amines) is 1. The molecule has 0 spiro atoms. The van der Waals surface area contributed by atoms with Gasteiger partial charge in [0, 0.05) is 23.0 Å². The Hall–Kier alpha value is -4.36. The Morgan fingerprint density at radius 1 is 1.02 bits per heavy atom. The summed E-state index contributed by atoms with van der Waals surface area (Å²) >= 11 is 0. The van der Waals surface area contributed by atoms with Crippen LogP contribution in [0.3, 0.4) is 0 Å². The van der Waals surface area contributed by atoms with Crippen molar-refractivity contribution in [3.05, 3.63) is 48.8 Å². The zero-order valence-corrected chi connectivity index (χ0v) is 26.3. The Bertz CT molecular complexity index is 1920. The number of ether oxygens (including phenoxy) is 1. The molecule has 1 aliphatic rings. The van der Waals surface area contributed by atoms with Crippen LogP contribution >= 0.6 is 0 Å². The van der Waals surface area contributed by atoms with Crippen LogP contribution in [0.15, 0.2) is 53.7 Å². The van der Waals surface area contributed by atoms with Gasteiger partial charge >= 0.3 is 0 Å². The van der Waals surface area contributed by atoms with Gasteiger partial charge in [0.25, 0.3) is 0 Å². The van der Waals surface area contributed by atoms with Crippen LogP contribution in [0.25, 0.3) is 21.8 Å². The van der Waals surface area contributed by atoms with Crippen molar-refractivity contribution in [2.24, 2.45) is 0 Å². The highest BCUT2D eigenvalue weighted by Crippen LogP contribution is 2.40. The van der Waals surface area contributed by atoms with E-state index in [9.17, 15) is 13.5 Å². The second-order valence-electron chi connectivity index (χ2n) is 11.9. The fraction of sp³-hybridized carbons (Fsp3) is 0.387. The molecule has 0 unspecified atom stereocenters. The maximum atomic E-state index is 13.1. The second-order valence-corrected chi connectivity index (χ2v) is 14.3. The van der Waals surface area contributed by atoms with E-state index in [0.29, 0.717) is 39.4 Å². The minimum Gasteiger partial charge on any atom is -0.494 e. The fourth-order valence-corrected chi connectivity index (χ4v) is 6.75. The molecule has 0 aliphatic carbocycles. The first-order chi connectivity index (χ1) is 21.0. The van der Waals surface area contributed by atoms with E-state index < -0.39 is 15.1 Å². The van der Waals surface area contributed by atoms with E-state index >= 15 is 0 Å². The van der Waals surface area contributed by atoms with Crippen molar-refractivity contribution in [2.75, 3.05) is 30.8 Å². The van der Waals surface area contributed by atoms with E-state index in [-0.39, 0.29) is 28.9 Å². The topological polar surface area (TPSA) is 150 Å². The Kier molecular flexibility index (Phi) is 7.84. The molecule has 232 valence electrons. The van der Waals surface area contributed by atoms with E-state index in [1.807, 2.05) is 36.7 Å². The van der Waals surface area contributed by atoms with Crippen LogP contribution in [0.5, 0.6) is 11.6 Å². The number of H-pyrrole nitrogens is 1. The van der Waals surface area contributed by atoms with Crippen molar-refractivity contribution in [2.45, 2.75) is 62.8 Å². The molecule has 5 aromatic rings. The fourth-order valence-electron chi connectivity index (χ4n) is 5.55. The third-order valence-corrected chi connectivity index (χ3v) is 10.2.